The molecular formula is C12H12N4O. The molecule has 0 aliphatic carbocycles. The van der Waals surface area contributed by atoms with Crippen molar-refractivity contribution in [2.75, 3.05) is 6.54 Å². The molecule has 0 bridgehead atoms. The number of aldehydes is 1. The van der Waals surface area contributed by atoms with Crippen molar-refractivity contribution in [3.63, 3.8) is 0 Å². The molecule has 1 aromatic heterocycles. The van der Waals surface area contributed by atoms with Gasteiger partial charge in [-0.2, -0.15) is 0 Å². The van der Waals surface area contributed by atoms with Gasteiger partial charge in [0.05, 0.1) is 6.54 Å². The molecule has 0 unspecified atom stereocenters. The first-order valence-electron chi connectivity index (χ1n) is 5.57. The molecule has 1 aliphatic rings. The maximum absolute atomic E-state index is 11.0. The number of hydrogen-bond donors (Lipinski definition) is 1. The number of rotatable bonds is 2. The molecule has 17 heavy (non-hydrogen) atoms. The maximum atomic E-state index is 11.0. The molecule has 2 heterocycles. The number of carbonyl (C=O) groups excluding carboxylic acids is 1. The fourth-order valence-electron chi connectivity index (χ4n) is 2.09. The topological polar surface area (TPSA) is 59.8 Å². The highest BCUT2D eigenvalue weighted by molar-refractivity contribution is 5.85. The van der Waals surface area contributed by atoms with Crippen LogP contribution in [0.25, 0.3) is 11.4 Å². The zero-order valence-electron chi connectivity index (χ0n) is 9.26. The van der Waals surface area contributed by atoms with Crippen molar-refractivity contribution < 1.29 is 4.79 Å². The van der Waals surface area contributed by atoms with Gasteiger partial charge >= 0.3 is 0 Å². The van der Waals surface area contributed by atoms with E-state index in [1.165, 1.54) is 0 Å². The zero-order valence-corrected chi connectivity index (χ0v) is 9.26. The number of hydrogen-bond acceptors (Lipinski definition) is 4. The summed E-state index contributed by atoms with van der Waals surface area (Å²) in [5.74, 6) is 1.70. The van der Waals surface area contributed by atoms with Gasteiger partial charge in [0.2, 0.25) is 0 Å². The zero-order chi connectivity index (χ0) is 11.7. The molecule has 0 saturated heterocycles. The Morgan fingerprint density at radius 1 is 1.29 bits per heavy atom. The third-order valence-corrected chi connectivity index (χ3v) is 2.95. The third-order valence-electron chi connectivity index (χ3n) is 2.95. The van der Waals surface area contributed by atoms with Gasteiger partial charge < -0.3 is 9.88 Å². The molecule has 1 aliphatic heterocycles. The average molecular weight is 228 g/mol. The molecule has 2 aromatic rings. The Morgan fingerprint density at radius 3 is 3.06 bits per heavy atom. The first-order chi connectivity index (χ1) is 8.40. The van der Waals surface area contributed by atoms with E-state index in [4.69, 9.17) is 0 Å². The van der Waals surface area contributed by atoms with E-state index in [0.717, 1.165) is 43.1 Å². The largest absolute Gasteiger partial charge is 0.309 e. The van der Waals surface area contributed by atoms with E-state index in [1.54, 1.807) is 6.07 Å². The summed E-state index contributed by atoms with van der Waals surface area (Å²) in [6.45, 7) is 2.47. The highest BCUT2D eigenvalue weighted by Crippen LogP contribution is 2.22. The van der Waals surface area contributed by atoms with Gasteiger partial charge in [0.1, 0.15) is 5.82 Å². The van der Waals surface area contributed by atoms with Gasteiger partial charge in [-0.1, -0.05) is 24.3 Å². The van der Waals surface area contributed by atoms with Crippen molar-refractivity contribution in [2.45, 2.75) is 13.1 Å². The highest BCUT2D eigenvalue weighted by atomic mass is 16.1. The fourth-order valence-corrected chi connectivity index (χ4v) is 2.09. The summed E-state index contributed by atoms with van der Waals surface area (Å²) in [6, 6.07) is 7.46. The van der Waals surface area contributed by atoms with Gasteiger partial charge in [0, 0.05) is 24.2 Å². The van der Waals surface area contributed by atoms with Gasteiger partial charge in [0.15, 0.2) is 12.1 Å². The van der Waals surface area contributed by atoms with Crippen LogP contribution in [0.5, 0.6) is 0 Å². The molecule has 0 atom stereocenters. The highest BCUT2D eigenvalue weighted by Gasteiger charge is 2.18. The van der Waals surface area contributed by atoms with Crippen molar-refractivity contribution >= 4 is 6.29 Å². The van der Waals surface area contributed by atoms with E-state index >= 15 is 0 Å². The Morgan fingerprint density at radius 2 is 2.18 bits per heavy atom. The summed E-state index contributed by atoms with van der Waals surface area (Å²) in [6.07, 6.45) is 0.859. The standard InChI is InChI=1S/C12H12N4O/c17-8-9-3-1-2-4-10(9)12-15-14-11-7-13-5-6-16(11)12/h1-4,8,13H,5-7H2. The Bertz CT molecular complexity index is 561. The van der Waals surface area contributed by atoms with Crippen molar-refractivity contribution in [1.29, 1.82) is 0 Å². The predicted octanol–water partition coefficient (Wildman–Crippen LogP) is 0.861. The molecule has 5 nitrogen and oxygen atoms in total. The lowest BCUT2D eigenvalue weighted by molar-refractivity contribution is 0.112. The second-order valence-corrected chi connectivity index (χ2v) is 3.97. The first kappa shape index (κ1) is 10.2. The van der Waals surface area contributed by atoms with E-state index in [-0.39, 0.29) is 0 Å². The van der Waals surface area contributed by atoms with Crippen LogP contribution in [0.15, 0.2) is 24.3 Å². The fraction of sp³-hybridized carbons (Fsp3) is 0.250. The van der Waals surface area contributed by atoms with Crippen LogP contribution >= 0.6 is 0 Å². The minimum absolute atomic E-state index is 0.654. The molecule has 0 amide bonds. The number of fused-ring (bicyclic) bond motifs is 1. The van der Waals surface area contributed by atoms with Crippen LogP contribution in [-0.4, -0.2) is 27.6 Å². The Kier molecular flexibility index (Phi) is 2.45. The molecule has 0 radical (unpaired) electrons. The summed E-state index contributed by atoms with van der Waals surface area (Å²) in [4.78, 5) is 11.0. The molecular weight excluding hydrogens is 216 g/mol. The van der Waals surface area contributed by atoms with Crippen LogP contribution in [0.4, 0.5) is 0 Å². The Balaban J connectivity index is 2.15. The van der Waals surface area contributed by atoms with Gasteiger partial charge in [-0.15, -0.1) is 10.2 Å². The van der Waals surface area contributed by atoms with Crippen LogP contribution in [0, 0.1) is 0 Å². The normalized spacial score (nSPS) is 14.4. The molecule has 86 valence electrons. The lowest BCUT2D eigenvalue weighted by atomic mass is 10.1. The molecule has 0 spiro atoms. The SMILES string of the molecule is O=Cc1ccccc1-c1nnc2n1CCNC2. The molecule has 5 heteroatoms. The van der Waals surface area contributed by atoms with E-state index < -0.39 is 0 Å². The number of nitrogens with one attached hydrogen (secondary N) is 1. The van der Waals surface area contributed by atoms with Crippen molar-refractivity contribution in [3.05, 3.63) is 35.7 Å². The predicted molar refractivity (Wildman–Crippen MR) is 62.6 cm³/mol. The number of benzene rings is 1. The van der Waals surface area contributed by atoms with Gasteiger partial charge in [0.25, 0.3) is 0 Å². The van der Waals surface area contributed by atoms with Gasteiger partial charge in [-0.25, -0.2) is 0 Å². The summed E-state index contributed by atoms with van der Waals surface area (Å²) in [7, 11) is 0. The van der Waals surface area contributed by atoms with Crippen LogP contribution in [0.1, 0.15) is 16.2 Å². The second-order valence-electron chi connectivity index (χ2n) is 3.97. The van der Waals surface area contributed by atoms with Crippen LogP contribution in [0.2, 0.25) is 0 Å². The number of aromatic nitrogens is 3. The molecule has 1 aromatic carbocycles. The maximum Gasteiger partial charge on any atom is 0.164 e. The lowest BCUT2D eigenvalue weighted by Crippen LogP contribution is -2.28. The Hall–Kier alpha value is -2.01. The molecule has 0 saturated carbocycles. The number of nitrogens with zero attached hydrogens (tertiary/aromatic N) is 3. The minimum Gasteiger partial charge on any atom is -0.309 e. The summed E-state index contributed by atoms with van der Waals surface area (Å²) in [5.41, 5.74) is 1.50. The van der Waals surface area contributed by atoms with Crippen molar-refractivity contribution in [1.82, 2.24) is 20.1 Å². The molecule has 3 rings (SSSR count). The van der Waals surface area contributed by atoms with E-state index in [0.29, 0.717) is 5.56 Å². The Labute approximate surface area is 98.5 Å². The van der Waals surface area contributed by atoms with E-state index in [1.807, 2.05) is 18.2 Å². The number of carbonyl (C=O) groups is 1. The van der Waals surface area contributed by atoms with E-state index in [9.17, 15) is 4.79 Å². The van der Waals surface area contributed by atoms with Gasteiger partial charge in [-0.3, -0.25) is 4.79 Å². The second kappa shape index (κ2) is 4.10. The lowest BCUT2D eigenvalue weighted by Gasteiger charge is -2.16. The van der Waals surface area contributed by atoms with Crippen LogP contribution in [0.3, 0.4) is 0 Å². The smallest absolute Gasteiger partial charge is 0.164 e. The monoisotopic (exact) mass is 228 g/mol. The van der Waals surface area contributed by atoms with Crippen LogP contribution < -0.4 is 5.32 Å². The third kappa shape index (κ3) is 1.64. The summed E-state index contributed by atoms with van der Waals surface area (Å²) >= 11 is 0. The summed E-state index contributed by atoms with van der Waals surface area (Å²) < 4.78 is 2.07. The van der Waals surface area contributed by atoms with Crippen LogP contribution in [-0.2, 0) is 13.1 Å². The summed E-state index contributed by atoms with van der Waals surface area (Å²) in [5, 5.41) is 11.6. The molecule has 0 fully saturated rings. The van der Waals surface area contributed by atoms with Crippen molar-refractivity contribution in [2.24, 2.45) is 0 Å². The minimum atomic E-state index is 0.654. The quantitative estimate of drug-likeness (QED) is 0.774. The first-order valence-corrected chi connectivity index (χ1v) is 5.57. The average Bonchev–Trinajstić information content (AvgIpc) is 2.82. The van der Waals surface area contributed by atoms with E-state index in [2.05, 4.69) is 20.1 Å². The van der Waals surface area contributed by atoms with Gasteiger partial charge in [-0.05, 0) is 0 Å². The molecule has 1 N–H and O–H groups in total. The van der Waals surface area contributed by atoms with Crippen molar-refractivity contribution in [3.8, 4) is 11.4 Å².